The molecule has 0 fully saturated rings. The Hall–Kier alpha value is -4.78. The van der Waals surface area contributed by atoms with E-state index in [2.05, 4.69) is 30.9 Å². The van der Waals surface area contributed by atoms with Gasteiger partial charge < -0.3 is 29.3 Å². The maximum absolute atomic E-state index is 12.9. The third-order valence-corrected chi connectivity index (χ3v) is 4.87. The summed E-state index contributed by atoms with van der Waals surface area (Å²) >= 11 is 0. The first kappa shape index (κ1) is 25.3. The van der Waals surface area contributed by atoms with E-state index in [4.69, 9.17) is 18.6 Å². The number of aromatic nitrogens is 5. The van der Waals surface area contributed by atoms with Gasteiger partial charge in [-0.05, 0) is 31.2 Å². The van der Waals surface area contributed by atoms with E-state index in [-0.39, 0.29) is 23.8 Å². The van der Waals surface area contributed by atoms with E-state index in [0.29, 0.717) is 40.9 Å². The zero-order chi connectivity index (χ0) is 26.4. The molecule has 3 aromatic heterocycles. The van der Waals surface area contributed by atoms with Crippen molar-refractivity contribution in [3.63, 3.8) is 0 Å². The van der Waals surface area contributed by atoms with Gasteiger partial charge >= 0.3 is 11.8 Å². The molecule has 37 heavy (non-hydrogen) atoms. The molecule has 0 aliphatic carbocycles. The SMILES string of the molecule is CNC(=O)c1nnc(-c2ccc(Oc3cc(O[C@@H](C)COC)cc(C(=O)Nc4ccn(C)n4)c3)cn2)o1. The van der Waals surface area contributed by atoms with Crippen molar-refractivity contribution in [2.24, 2.45) is 7.05 Å². The Morgan fingerprint density at radius 3 is 2.57 bits per heavy atom. The molecule has 0 saturated heterocycles. The molecule has 3 heterocycles. The summed E-state index contributed by atoms with van der Waals surface area (Å²) in [5.74, 6) is 0.598. The first-order chi connectivity index (χ1) is 17.8. The van der Waals surface area contributed by atoms with Crippen LogP contribution in [0.2, 0.25) is 0 Å². The summed E-state index contributed by atoms with van der Waals surface area (Å²) in [6.45, 7) is 2.21. The number of hydrogen-bond acceptors (Lipinski definition) is 10. The molecule has 0 aliphatic rings. The lowest BCUT2D eigenvalue weighted by Gasteiger charge is -2.16. The zero-order valence-corrected chi connectivity index (χ0v) is 20.6. The van der Waals surface area contributed by atoms with E-state index >= 15 is 0 Å². The lowest BCUT2D eigenvalue weighted by atomic mass is 10.2. The van der Waals surface area contributed by atoms with Crippen LogP contribution in [0.25, 0.3) is 11.6 Å². The largest absolute Gasteiger partial charge is 0.488 e. The van der Waals surface area contributed by atoms with Crippen molar-refractivity contribution in [1.29, 1.82) is 0 Å². The van der Waals surface area contributed by atoms with Gasteiger partial charge in [-0.1, -0.05) is 0 Å². The molecule has 0 bridgehead atoms. The number of amides is 2. The highest BCUT2D eigenvalue weighted by atomic mass is 16.5. The highest BCUT2D eigenvalue weighted by molar-refractivity contribution is 6.04. The molecule has 4 aromatic rings. The molecule has 13 heteroatoms. The molecule has 0 radical (unpaired) electrons. The van der Waals surface area contributed by atoms with Crippen LogP contribution < -0.4 is 20.1 Å². The molecular formula is C24H25N7O6. The lowest BCUT2D eigenvalue weighted by Crippen LogP contribution is -2.18. The van der Waals surface area contributed by atoms with Crippen LogP contribution in [-0.2, 0) is 11.8 Å². The summed E-state index contributed by atoms with van der Waals surface area (Å²) in [5.41, 5.74) is 0.663. The van der Waals surface area contributed by atoms with Crippen LogP contribution >= 0.6 is 0 Å². The van der Waals surface area contributed by atoms with E-state index in [1.54, 1.807) is 61.4 Å². The number of nitrogens with one attached hydrogen (secondary N) is 2. The van der Waals surface area contributed by atoms with Crippen LogP contribution in [-0.4, -0.2) is 63.6 Å². The number of methoxy groups -OCH3 is 1. The van der Waals surface area contributed by atoms with Crippen molar-refractivity contribution in [2.75, 3.05) is 26.1 Å². The van der Waals surface area contributed by atoms with Gasteiger partial charge in [0, 0.05) is 45.1 Å². The Bertz CT molecular complexity index is 1380. The number of carbonyl (C=O) groups excluding carboxylic acids is 2. The molecule has 0 saturated carbocycles. The number of aryl methyl sites for hydroxylation is 1. The predicted octanol–water partition coefficient (Wildman–Crippen LogP) is 2.68. The van der Waals surface area contributed by atoms with Crippen LogP contribution in [0.5, 0.6) is 17.2 Å². The Balaban J connectivity index is 1.55. The average Bonchev–Trinajstić information content (AvgIpc) is 3.53. The number of nitrogens with zero attached hydrogens (tertiary/aromatic N) is 5. The van der Waals surface area contributed by atoms with Crippen molar-refractivity contribution >= 4 is 17.6 Å². The first-order valence-electron chi connectivity index (χ1n) is 11.2. The second kappa shape index (κ2) is 11.3. The van der Waals surface area contributed by atoms with Gasteiger partial charge in [0.25, 0.3) is 11.8 Å². The van der Waals surface area contributed by atoms with E-state index in [1.165, 1.54) is 13.2 Å². The summed E-state index contributed by atoms with van der Waals surface area (Å²) in [4.78, 5) is 28.8. The van der Waals surface area contributed by atoms with Gasteiger partial charge in [-0.3, -0.25) is 14.3 Å². The standard InChI is InChI=1S/C24H25N7O6/c1-14(13-34-4)35-17-9-15(21(32)27-20-7-8-31(3)30-20)10-18(11-17)36-16-5-6-19(26-12-16)23-28-29-24(37-23)22(33)25-2/h5-12,14H,13H2,1-4H3,(H,25,33)(H,27,30,32)/t14-/m0/s1. The molecular weight excluding hydrogens is 482 g/mol. The maximum atomic E-state index is 12.9. The Labute approximate surface area is 211 Å². The van der Waals surface area contributed by atoms with Crippen molar-refractivity contribution in [3.8, 4) is 28.8 Å². The Morgan fingerprint density at radius 2 is 1.89 bits per heavy atom. The van der Waals surface area contributed by atoms with Crippen LogP contribution in [0.3, 0.4) is 0 Å². The third-order valence-electron chi connectivity index (χ3n) is 4.87. The monoisotopic (exact) mass is 507 g/mol. The molecule has 1 atom stereocenters. The molecule has 192 valence electrons. The average molecular weight is 508 g/mol. The molecule has 4 rings (SSSR count). The van der Waals surface area contributed by atoms with E-state index in [0.717, 1.165) is 0 Å². The highest BCUT2D eigenvalue weighted by Gasteiger charge is 2.17. The van der Waals surface area contributed by atoms with Gasteiger partial charge in [-0.15, -0.1) is 10.2 Å². The van der Waals surface area contributed by atoms with Crippen molar-refractivity contribution in [1.82, 2.24) is 30.3 Å². The minimum Gasteiger partial charge on any atom is -0.488 e. The van der Waals surface area contributed by atoms with Crippen LogP contribution in [0.4, 0.5) is 5.82 Å². The van der Waals surface area contributed by atoms with Crippen LogP contribution in [0, 0.1) is 0 Å². The normalized spacial score (nSPS) is 11.6. The number of ether oxygens (including phenoxy) is 3. The zero-order valence-electron chi connectivity index (χ0n) is 20.6. The molecule has 2 N–H and O–H groups in total. The molecule has 13 nitrogen and oxygen atoms in total. The fourth-order valence-electron chi connectivity index (χ4n) is 3.23. The minimum absolute atomic E-state index is 0.0844. The molecule has 2 amide bonds. The van der Waals surface area contributed by atoms with Crippen molar-refractivity contribution in [3.05, 3.63) is 60.2 Å². The minimum atomic E-state index is -0.497. The Kier molecular flexibility index (Phi) is 7.74. The van der Waals surface area contributed by atoms with Gasteiger partial charge in [0.15, 0.2) is 5.82 Å². The van der Waals surface area contributed by atoms with Gasteiger partial charge in [0.1, 0.15) is 29.0 Å². The molecule has 0 unspecified atom stereocenters. The quantitative estimate of drug-likeness (QED) is 0.327. The summed E-state index contributed by atoms with van der Waals surface area (Å²) in [6, 6.07) is 9.77. The van der Waals surface area contributed by atoms with Crippen LogP contribution in [0.15, 0.2) is 53.2 Å². The predicted molar refractivity (Wildman–Crippen MR) is 131 cm³/mol. The van der Waals surface area contributed by atoms with Crippen LogP contribution in [0.1, 0.15) is 28.0 Å². The fraction of sp³-hybridized carbons (Fsp3) is 0.250. The van der Waals surface area contributed by atoms with Gasteiger partial charge in [-0.2, -0.15) is 5.10 Å². The second-order valence-corrected chi connectivity index (χ2v) is 7.88. The lowest BCUT2D eigenvalue weighted by molar-refractivity contribution is 0.0915. The number of benzene rings is 1. The molecule has 0 aliphatic heterocycles. The smallest absolute Gasteiger partial charge is 0.308 e. The second-order valence-electron chi connectivity index (χ2n) is 7.88. The van der Waals surface area contributed by atoms with Crippen molar-refractivity contribution in [2.45, 2.75) is 13.0 Å². The number of carbonyl (C=O) groups is 2. The summed E-state index contributed by atoms with van der Waals surface area (Å²) < 4.78 is 23.9. The first-order valence-corrected chi connectivity index (χ1v) is 11.2. The van der Waals surface area contributed by atoms with Gasteiger partial charge in [-0.25, -0.2) is 4.98 Å². The number of rotatable bonds is 10. The van der Waals surface area contributed by atoms with Crippen molar-refractivity contribution < 1.29 is 28.2 Å². The number of hydrogen-bond donors (Lipinski definition) is 2. The highest BCUT2D eigenvalue weighted by Crippen LogP contribution is 2.29. The van der Waals surface area contributed by atoms with Gasteiger partial charge in [0.05, 0.1) is 12.8 Å². The maximum Gasteiger partial charge on any atom is 0.308 e. The van der Waals surface area contributed by atoms with E-state index in [9.17, 15) is 9.59 Å². The topological polar surface area (TPSA) is 156 Å². The summed E-state index contributed by atoms with van der Waals surface area (Å²) in [7, 11) is 4.80. The Morgan fingerprint density at radius 1 is 1.08 bits per heavy atom. The molecule has 0 spiro atoms. The summed E-state index contributed by atoms with van der Waals surface area (Å²) in [6.07, 6.45) is 2.91. The van der Waals surface area contributed by atoms with Gasteiger partial charge in [0.2, 0.25) is 0 Å². The number of anilines is 1. The number of pyridine rings is 1. The molecule has 1 aromatic carbocycles. The fourth-order valence-corrected chi connectivity index (χ4v) is 3.23. The van der Waals surface area contributed by atoms with E-state index < -0.39 is 5.91 Å². The van der Waals surface area contributed by atoms with E-state index in [1.807, 2.05) is 6.92 Å². The summed E-state index contributed by atoms with van der Waals surface area (Å²) in [5, 5.41) is 16.8. The third kappa shape index (κ3) is 6.46.